The molecule has 0 bridgehead atoms. The van der Waals surface area contributed by atoms with Crippen molar-refractivity contribution in [2.24, 2.45) is 0 Å². The van der Waals surface area contributed by atoms with Gasteiger partial charge >= 0.3 is 5.97 Å². The second-order valence-corrected chi connectivity index (χ2v) is 8.17. The molecule has 0 aliphatic carbocycles. The minimum atomic E-state index is -3.73. The van der Waals surface area contributed by atoms with Gasteiger partial charge in [0, 0.05) is 6.42 Å². The number of aliphatic carboxylic acids is 1. The molecule has 1 aromatic carbocycles. The van der Waals surface area contributed by atoms with Crippen LogP contribution in [0, 0.1) is 0 Å². The van der Waals surface area contributed by atoms with Crippen LogP contribution in [0.2, 0.25) is 0 Å². The average Bonchev–Trinajstić information content (AvgIpc) is 2.66. The first-order valence-electron chi connectivity index (χ1n) is 6.01. The highest BCUT2D eigenvalue weighted by Crippen LogP contribution is 2.37. The van der Waals surface area contributed by atoms with E-state index in [1.165, 1.54) is 0 Å². The van der Waals surface area contributed by atoms with E-state index in [0.29, 0.717) is 5.69 Å². The molecule has 0 saturated heterocycles. The third-order valence-corrected chi connectivity index (χ3v) is 5.76. The predicted molar refractivity (Wildman–Crippen MR) is 72.7 cm³/mol. The molecule has 0 amide bonds. The van der Waals surface area contributed by atoms with Gasteiger partial charge < -0.3 is 5.11 Å². The van der Waals surface area contributed by atoms with Gasteiger partial charge in [0.05, 0.1) is 10.4 Å². The summed E-state index contributed by atoms with van der Waals surface area (Å²) in [6.45, 7) is 4.71. The minimum Gasteiger partial charge on any atom is -0.480 e. The monoisotopic (exact) mass is 283 g/mol. The molecule has 0 spiro atoms. The summed E-state index contributed by atoms with van der Waals surface area (Å²) in [5.74, 6) is -1.12. The van der Waals surface area contributed by atoms with E-state index in [-0.39, 0.29) is 6.42 Å². The van der Waals surface area contributed by atoms with Gasteiger partial charge in [-0.3, -0.25) is 4.31 Å². The van der Waals surface area contributed by atoms with E-state index in [2.05, 4.69) is 0 Å². The van der Waals surface area contributed by atoms with Crippen LogP contribution in [-0.4, -0.2) is 30.3 Å². The van der Waals surface area contributed by atoms with Gasteiger partial charge in [-0.05, 0) is 32.4 Å². The molecule has 1 N–H and O–H groups in total. The first-order valence-corrected chi connectivity index (χ1v) is 7.45. The number of hydrogen-bond acceptors (Lipinski definition) is 3. The maximum Gasteiger partial charge on any atom is 0.327 e. The molecule has 0 aromatic heterocycles. The SMILES string of the molecule is CC(C)(C)S(=O)(=O)N1c2ccccc2C[C@H]1C(=O)O. The third kappa shape index (κ3) is 2.10. The molecule has 1 atom stereocenters. The Morgan fingerprint density at radius 3 is 2.42 bits per heavy atom. The van der Waals surface area contributed by atoms with E-state index in [9.17, 15) is 18.3 Å². The van der Waals surface area contributed by atoms with Crippen molar-refractivity contribution < 1.29 is 18.3 Å². The van der Waals surface area contributed by atoms with E-state index >= 15 is 0 Å². The molecule has 1 aliphatic heterocycles. The lowest BCUT2D eigenvalue weighted by molar-refractivity contribution is -0.138. The van der Waals surface area contributed by atoms with E-state index in [0.717, 1.165) is 9.87 Å². The summed E-state index contributed by atoms with van der Waals surface area (Å²) < 4.78 is 25.2. The number of anilines is 1. The van der Waals surface area contributed by atoms with Crippen LogP contribution in [0.3, 0.4) is 0 Å². The fraction of sp³-hybridized carbons (Fsp3) is 0.462. The van der Waals surface area contributed by atoms with Crippen LogP contribution in [0.4, 0.5) is 5.69 Å². The quantitative estimate of drug-likeness (QED) is 0.895. The van der Waals surface area contributed by atoms with Gasteiger partial charge in [-0.15, -0.1) is 0 Å². The Hall–Kier alpha value is -1.56. The highest BCUT2D eigenvalue weighted by Gasteiger charge is 2.46. The Labute approximate surface area is 112 Å². The van der Waals surface area contributed by atoms with Crippen LogP contribution in [0.1, 0.15) is 26.3 Å². The van der Waals surface area contributed by atoms with Crippen molar-refractivity contribution in [3.63, 3.8) is 0 Å². The van der Waals surface area contributed by atoms with E-state index in [4.69, 9.17) is 0 Å². The van der Waals surface area contributed by atoms with Crippen LogP contribution >= 0.6 is 0 Å². The molecular weight excluding hydrogens is 266 g/mol. The summed E-state index contributed by atoms with van der Waals surface area (Å²) in [6.07, 6.45) is 0.209. The number of sulfonamides is 1. The summed E-state index contributed by atoms with van der Waals surface area (Å²) in [4.78, 5) is 11.3. The maximum atomic E-state index is 12.6. The summed E-state index contributed by atoms with van der Waals surface area (Å²) >= 11 is 0. The zero-order valence-corrected chi connectivity index (χ0v) is 11.9. The third-order valence-electron chi connectivity index (χ3n) is 3.24. The second kappa shape index (κ2) is 4.23. The van der Waals surface area contributed by atoms with Crippen LogP contribution < -0.4 is 4.31 Å². The smallest absolute Gasteiger partial charge is 0.327 e. The fourth-order valence-electron chi connectivity index (χ4n) is 2.14. The van der Waals surface area contributed by atoms with Crippen molar-refractivity contribution in [1.82, 2.24) is 0 Å². The Bertz CT molecular complexity index is 616. The molecule has 1 aliphatic rings. The molecule has 1 aromatic rings. The lowest BCUT2D eigenvalue weighted by Crippen LogP contribution is -2.49. The first kappa shape index (κ1) is 13.9. The molecule has 0 unspecified atom stereocenters. The number of para-hydroxylation sites is 1. The number of carbonyl (C=O) groups is 1. The molecule has 1 heterocycles. The Morgan fingerprint density at radius 1 is 1.32 bits per heavy atom. The standard InChI is InChI=1S/C13H17NO4S/c1-13(2,3)19(17,18)14-10-7-5-4-6-9(10)8-11(14)12(15)16/h4-7,11H,8H2,1-3H3,(H,15,16)/t11-/m0/s1. The van der Waals surface area contributed by atoms with Crippen molar-refractivity contribution in [2.75, 3.05) is 4.31 Å². The topological polar surface area (TPSA) is 74.7 Å². The summed E-state index contributed by atoms with van der Waals surface area (Å²) in [5, 5.41) is 9.28. The van der Waals surface area contributed by atoms with Crippen LogP contribution in [0.15, 0.2) is 24.3 Å². The van der Waals surface area contributed by atoms with Gasteiger partial charge in [0.15, 0.2) is 0 Å². The zero-order chi connectivity index (χ0) is 14.4. The van der Waals surface area contributed by atoms with Gasteiger partial charge in [-0.1, -0.05) is 18.2 Å². The molecule has 0 saturated carbocycles. The van der Waals surface area contributed by atoms with Crippen molar-refractivity contribution in [3.05, 3.63) is 29.8 Å². The average molecular weight is 283 g/mol. The van der Waals surface area contributed by atoms with Crippen LogP contribution in [0.5, 0.6) is 0 Å². The van der Waals surface area contributed by atoms with Crippen molar-refractivity contribution >= 4 is 21.7 Å². The molecule has 0 fully saturated rings. The normalized spacial score (nSPS) is 19.3. The lowest BCUT2D eigenvalue weighted by atomic mass is 10.1. The highest BCUT2D eigenvalue weighted by atomic mass is 32.2. The number of hydrogen-bond donors (Lipinski definition) is 1. The van der Waals surface area contributed by atoms with E-state index in [1.807, 2.05) is 0 Å². The van der Waals surface area contributed by atoms with Gasteiger partial charge in [0.2, 0.25) is 10.0 Å². The van der Waals surface area contributed by atoms with Gasteiger partial charge in [0.1, 0.15) is 6.04 Å². The Balaban J connectivity index is 2.61. The molecular formula is C13H17NO4S. The molecule has 104 valence electrons. The minimum absolute atomic E-state index is 0.209. The Morgan fingerprint density at radius 2 is 1.89 bits per heavy atom. The zero-order valence-electron chi connectivity index (χ0n) is 11.1. The predicted octanol–water partition coefficient (Wildman–Crippen LogP) is 1.63. The number of carboxylic acid groups (broad SMARTS) is 1. The molecule has 5 nitrogen and oxygen atoms in total. The number of benzene rings is 1. The largest absolute Gasteiger partial charge is 0.480 e. The lowest BCUT2D eigenvalue weighted by Gasteiger charge is -2.31. The van der Waals surface area contributed by atoms with Crippen molar-refractivity contribution in [2.45, 2.75) is 38.0 Å². The van der Waals surface area contributed by atoms with Crippen molar-refractivity contribution in [1.29, 1.82) is 0 Å². The van der Waals surface area contributed by atoms with E-state index < -0.39 is 26.8 Å². The van der Waals surface area contributed by atoms with Gasteiger partial charge in [-0.25, -0.2) is 13.2 Å². The van der Waals surface area contributed by atoms with Crippen LogP contribution in [-0.2, 0) is 21.2 Å². The van der Waals surface area contributed by atoms with Crippen LogP contribution in [0.25, 0.3) is 0 Å². The summed E-state index contributed by atoms with van der Waals surface area (Å²) in [6, 6.07) is 5.87. The van der Waals surface area contributed by atoms with E-state index in [1.54, 1.807) is 45.0 Å². The summed E-state index contributed by atoms with van der Waals surface area (Å²) in [7, 11) is -3.73. The van der Waals surface area contributed by atoms with Gasteiger partial charge in [0.25, 0.3) is 0 Å². The number of rotatable bonds is 2. The molecule has 2 rings (SSSR count). The molecule has 6 heteroatoms. The maximum absolute atomic E-state index is 12.6. The molecule has 19 heavy (non-hydrogen) atoms. The van der Waals surface area contributed by atoms with Crippen molar-refractivity contribution in [3.8, 4) is 0 Å². The number of nitrogens with zero attached hydrogens (tertiary/aromatic N) is 1. The fourth-order valence-corrected chi connectivity index (χ4v) is 3.66. The highest BCUT2D eigenvalue weighted by molar-refractivity contribution is 7.94. The summed E-state index contributed by atoms with van der Waals surface area (Å²) in [5.41, 5.74) is 1.23. The number of fused-ring (bicyclic) bond motifs is 1. The Kier molecular flexibility index (Phi) is 3.09. The first-order chi connectivity index (χ1) is 8.66. The molecule has 0 radical (unpaired) electrons. The second-order valence-electron chi connectivity index (χ2n) is 5.60. The number of carboxylic acids is 1. The van der Waals surface area contributed by atoms with Gasteiger partial charge in [-0.2, -0.15) is 0 Å².